The Balaban J connectivity index is 2.24. The number of rotatable bonds is 5. The summed E-state index contributed by atoms with van der Waals surface area (Å²) in [6.07, 6.45) is 3.79. The maximum atomic E-state index is 13.3. The lowest BCUT2D eigenvalue weighted by molar-refractivity contribution is -0.150. The highest BCUT2D eigenvalue weighted by Gasteiger charge is 2.35. The average molecular weight is 278 g/mol. The molecule has 1 unspecified atom stereocenters. The number of aryl methyl sites for hydroxylation is 1. The van der Waals surface area contributed by atoms with Gasteiger partial charge in [0.1, 0.15) is 11.9 Å². The Labute approximate surface area is 120 Å². The van der Waals surface area contributed by atoms with Crippen LogP contribution in [0.25, 0.3) is 0 Å². The molecule has 1 aromatic rings. The lowest BCUT2D eigenvalue weighted by Crippen LogP contribution is -2.32. The minimum Gasteiger partial charge on any atom is -0.462 e. The van der Waals surface area contributed by atoms with Crippen molar-refractivity contribution in [2.75, 3.05) is 0 Å². The van der Waals surface area contributed by atoms with Crippen LogP contribution in [-0.2, 0) is 9.53 Å². The summed E-state index contributed by atoms with van der Waals surface area (Å²) in [5, 5.41) is 0. The zero-order chi connectivity index (χ0) is 14.7. The number of benzene rings is 1. The summed E-state index contributed by atoms with van der Waals surface area (Å²) in [6, 6.07) is 4.92. The first-order valence-corrected chi connectivity index (χ1v) is 7.48. The van der Waals surface area contributed by atoms with Gasteiger partial charge in [-0.25, -0.2) is 4.39 Å². The molecule has 0 aromatic heterocycles. The third-order valence-corrected chi connectivity index (χ3v) is 4.36. The Morgan fingerprint density at radius 3 is 2.65 bits per heavy atom. The molecular formula is C17H23FO2. The number of carbonyl (C=O) groups excluding carboxylic acids is 1. The first-order chi connectivity index (χ1) is 9.52. The number of hydrogen-bond acceptors (Lipinski definition) is 2. The van der Waals surface area contributed by atoms with Crippen molar-refractivity contribution in [3.63, 3.8) is 0 Å². The van der Waals surface area contributed by atoms with Gasteiger partial charge in [0.2, 0.25) is 0 Å². The first kappa shape index (κ1) is 15.0. The zero-order valence-electron chi connectivity index (χ0n) is 12.5. The van der Waals surface area contributed by atoms with Crippen molar-refractivity contribution < 1.29 is 13.9 Å². The van der Waals surface area contributed by atoms with E-state index in [0.717, 1.165) is 24.0 Å². The summed E-state index contributed by atoms with van der Waals surface area (Å²) in [7, 11) is 0. The van der Waals surface area contributed by atoms with E-state index in [2.05, 4.69) is 0 Å². The van der Waals surface area contributed by atoms with E-state index in [9.17, 15) is 9.18 Å². The Morgan fingerprint density at radius 1 is 1.45 bits per heavy atom. The Bertz CT molecular complexity index is 480. The molecule has 20 heavy (non-hydrogen) atoms. The van der Waals surface area contributed by atoms with Crippen LogP contribution in [0.5, 0.6) is 0 Å². The summed E-state index contributed by atoms with van der Waals surface area (Å²) in [6.45, 7) is 5.69. The molecule has 2 atom stereocenters. The average Bonchev–Trinajstić information content (AvgIpc) is 2.34. The Morgan fingerprint density at radius 2 is 2.15 bits per heavy atom. The van der Waals surface area contributed by atoms with Crippen LogP contribution >= 0.6 is 0 Å². The van der Waals surface area contributed by atoms with E-state index in [0.29, 0.717) is 12.3 Å². The van der Waals surface area contributed by atoms with E-state index in [4.69, 9.17) is 4.74 Å². The summed E-state index contributed by atoms with van der Waals surface area (Å²) >= 11 is 0. The monoisotopic (exact) mass is 278 g/mol. The minimum absolute atomic E-state index is 0.156. The molecule has 2 nitrogen and oxygen atoms in total. The standard InChI is InChI=1S/C17H23FO2/c1-4-16(19)20-12(3)17(13-6-5-7-13)15-9-8-14(18)10-11(15)2/h8-10,12-13,17H,4-7H2,1-3H3/t12?,17-/m0/s1. The SMILES string of the molecule is CCC(=O)OC(C)[C@H](c1ccc(F)cc1C)C1CCC1. The van der Waals surface area contributed by atoms with Crippen LogP contribution in [0, 0.1) is 18.7 Å². The molecule has 0 amide bonds. The van der Waals surface area contributed by atoms with E-state index >= 15 is 0 Å². The summed E-state index contributed by atoms with van der Waals surface area (Å²) in [5.74, 6) is 0.345. The van der Waals surface area contributed by atoms with E-state index in [1.54, 1.807) is 13.0 Å². The van der Waals surface area contributed by atoms with Gasteiger partial charge >= 0.3 is 5.97 Å². The second-order valence-electron chi connectivity index (χ2n) is 5.77. The molecule has 1 aromatic carbocycles. The molecule has 0 aliphatic heterocycles. The highest BCUT2D eigenvalue weighted by atomic mass is 19.1. The lowest BCUT2D eigenvalue weighted by atomic mass is 9.70. The van der Waals surface area contributed by atoms with Gasteiger partial charge in [0.15, 0.2) is 0 Å². The van der Waals surface area contributed by atoms with E-state index < -0.39 is 0 Å². The second kappa shape index (κ2) is 6.38. The molecule has 0 bridgehead atoms. The maximum Gasteiger partial charge on any atom is 0.305 e. The number of ether oxygens (including phenoxy) is 1. The van der Waals surface area contributed by atoms with Crippen LogP contribution in [0.2, 0.25) is 0 Å². The Kier molecular flexibility index (Phi) is 4.79. The third kappa shape index (κ3) is 3.20. The lowest BCUT2D eigenvalue weighted by Gasteiger charge is -2.38. The van der Waals surface area contributed by atoms with E-state index in [-0.39, 0.29) is 23.8 Å². The fourth-order valence-electron chi connectivity index (χ4n) is 3.07. The number of esters is 1. The fourth-order valence-corrected chi connectivity index (χ4v) is 3.07. The normalized spacial score (nSPS) is 18.2. The predicted molar refractivity (Wildman–Crippen MR) is 77.1 cm³/mol. The highest BCUT2D eigenvalue weighted by Crippen LogP contribution is 2.43. The van der Waals surface area contributed by atoms with Gasteiger partial charge in [-0.2, -0.15) is 0 Å². The van der Waals surface area contributed by atoms with E-state index in [1.165, 1.54) is 12.5 Å². The summed E-state index contributed by atoms with van der Waals surface area (Å²) in [5.41, 5.74) is 2.06. The third-order valence-electron chi connectivity index (χ3n) is 4.36. The molecule has 1 aliphatic rings. The van der Waals surface area contributed by atoms with Crippen molar-refractivity contribution in [2.24, 2.45) is 5.92 Å². The molecule has 0 spiro atoms. The van der Waals surface area contributed by atoms with Crippen molar-refractivity contribution in [3.8, 4) is 0 Å². The topological polar surface area (TPSA) is 26.3 Å². The van der Waals surface area contributed by atoms with Gasteiger partial charge in [-0.1, -0.05) is 19.4 Å². The van der Waals surface area contributed by atoms with Crippen molar-refractivity contribution in [2.45, 2.75) is 58.5 Å². The van der Waals surface area contributed by atoms with Gasteiger partial charge in [-0.05, 0) is 55.9 Å². The van der Waals surface area contributed by atoms with Gasteiger partial charge in [-0.15, -0.1) is 0 Å². The fraction of sp³-hybridized carbons (Fsp3) is 0.588. The van der Waals surface area contributed by atoms with Gasteiger partial charge in [0.25, 0.3) is 0 Å². The van der Waals surface area contributed by atoms with Gasteiger partial charge in [0, 0.05) is 12.3 Å². The quantitative estimate of drug-likeness (QED) is 0.748. The molecule has 3 heteroatoms. The minimum atomic E-state index is -0.211. The van der Waals surface area contributed by atoms with Gasteiger partial charge < -0.3 is 4.74 Å². The molecule has 2 rings (SSSR count). The molecule has 0 N–H and O–H groups in total. The molecule has 0 saturated heterocycles. The largest absolute Gasteiger partial charge is 0.462 e. The number of carbonyl (C=O) groups is 1. The van der Waals surface area contributed by atoms with Crippen LogP contribution < -0.4 is 0 Å². The van der Waals surface area contributed by atoms with Gasteiger partial charge in [-0.3, -0.25) is 4.79 Å². The smallest absolute Gasteiger partial charge is 0.305 e. The molecular weight excluding hydrogens is 255 g/mol. The molecule has 0 radical (unpaired) electrons. The van der Waals surface area contributed by atoms with E-state index in [1.807, 2.05) is 19.9 Å². The second-order valence-corrected chi connectivity index (χ2v) is 5.77. The van der Waals surface area contributed by atoms with Crippen LogP contribution in [0.3, 0.4) is 0 Å². The maximum absolute atomic E-state index is 13.3. The molecule has 1 saturated carbocycles. The van der Waals surface area contributed by atoms with Crippen LogP contribution in [0.1, 0.15) is 56.6 Å². The number of hydrogen-bond donors (Lipinski definition) is 0. The van der Waals surface area contributed by atoms with Crippen LogP contribution in [-0.4, -0.2) is 12.1 Å². The predicted octanol–water partition coefficient (Wildman–Crippen LogP) is 4.36. The summed E-state index contributed by atoms with van der Waals surface area (Å²) in [4.78, 5) is 11.5. The Hall–Kier alpha value is -1.38. The van der Waals surface area contributed by atoms with Crippen LogP contribution in [0.15, 0.2) is 18.2 Å². The van der Waals surface area contributed by atoms with Crippen molar-refractivity contribution in [3.05, 3.63) is 35.1 Å². The molecule has 1 fully saturated rings. The van der Waals surface area contributed by atoms with Crippen molar-refractivity contribution in [1.29, 1.82) is 0 Å². The number of halogens is 1. The van der Waals surface area contributed by atoms with Crippen molar-refractivity contribution >= 4 is 5.97 Å². The highest BCUT2D eigenvalue weighted by molar-refractivity contribution is 5.69. The molecule has 1 aliphatic carbocycles. The summed E-state index contributed by atoms with van der Waals surface area (Å²) < 4.78 is 18.8. The van der Waals surface area contributed by atoms with Gasteiger partial charge in [0.05, 0.1) is 0 Å². The molecule has 110 valence electrons. The van der Waals surface area contributed by atoms with Crippen molar-refractivity contribution in [1.82, 2.24) is 0 Å². The first-order valence-electron chi connectivity index (χ1n) is 7.48. The molecule has 0 heterocycles. The van der Waals surface area contributed by atoms with Crippen LogP contribution in [0.4, 0.5) is 4.39 Å². The zero-order valence-corrected chi connectivity index (χ0v) is 12.5.